The van der Waals surface area contributed by atoms with Gasteiger partial charge in [0.1, 0.15) is 5.75 Å². The number of nitrogens with two attached hydrogens (primary N) is 1. The Morgan fingerprint density at radius 3 is 3.00 bits per heavy atom. The van der Waals surface area contributed by atoms with Crippen LogP contribution >= 0.6 is 0 Å². The molecule has 1 amide bonds. The highest BCUT2D eigenvalue weighted by Crippen LogP contribution is 2.24. The standard InChI is InChI=1S/C13H18N2O2/c1-3-4-5-6-13(16)15-12-9-10(17-2)7-8-11(12)14/h3,7-9H,1,4-6,14H2,2H3,(H,15,16). The summed E-state index contributed by atoms with van der Waals surface area (Å²) >= 11 is 0. The second kappa shape index (κ2) is 6.58. The molecular formula is C13H18N2O2. The average Bonchev–Trinajstić information content (AvgIpc) is 2.32. The third-order valence-corrected chi connectivity index (χ3v) is 2.35. The van der Waals surface area contributed by atoms with Gasteiger partial charge in [-0.15, -0.1) is 6.58 Å². The van der Waals surface area contributed by atoms with E-state index in [-0.39, 0.29) is 5.91 Å². The van der Waals surface area contributed by atoms with Gasteiger partial charge in [0.25, 0.3) is 0 Å². The summed E-state index contributed by atoms with van der Waals surface area (Å²) in [4.78, 5) is 11.6. The zero-order valence-electron chi connectivity index (χ0n) is 10.0. The molecule has 0 saturated heterocycles. The Labute approximate surface area is 101 Å². The summed E-state index contributed by atoms with van der Waals surface area (Å²) in [5.41, 5.74) is 6.88. The molecule has 0 saturated carbocycles. The van der Waals surface area contributed by atoms with Gasteiger partial charge in [-0.2, -0.15) is 0 Å². The molecule has 0 radical (unpaired) electrons. The van der Waals surface area contributed by atoms with Crippen LogP contribution in [0.5, 0.6) is 5.75 Å². The fourth-order valence-corrected chi connectivity index (χ4v) is 1.39. The number of carbonyl (C=O) groups is 1. The van der Waals surface area contributed by atoms with E-state index in [1.54, 1.807) is 31.4 Å². The number of carbonyl (C=O) groups excluding carboxylic acids is 1. The van der Waals surface area contributed by atoms with Crippen molar-refractivity contribution in [2.75, 3.05) is 18.2 Å². The lowest BCUT2D eigenvalue weighted by molar-refractivity contribution is -0.116. The maximum atomic E-state index is 11.6. The second-order valence-corrected chi connectivity index (χ2v) is 3.68. The molecule has 17 heavy (non-hydrogen) atoms. The van der Waals surface area contributed by atoms with Crippen LogP contribution in [0.25, 0.3) is 0 Å². The minimum Gasteiger partial charge on any atom is -0.497 e. The lowest BCUT2D eigenvalue weighted by atomic mass is 10.2. The van der Waals surface area contributed by atoms with E-state index in [1.807, 2.05) is 0 Å². The van der Waals surface area contributed by atoms with Crippen LogP contribution in [0, 0.1) is 0 Å². The average molecular weight is 234 g/mol. The van der Waals surface area contributed by atoms with Gasteiger partial charge in [0, 0.05) is 12.5 Å². The molecule has 0 aliphatic rings. The zero-order valence-corrected chi connectivity index (χ0v) is 10.0. The summed E-state index contributed by atoms with van der Waals surface area (Å²) in [7, 11) is 1.57. The number of nitrogen functional groups attached to an aromatic ring is 1. The Kier molecular flexibility index (Phi) is 5.07. The van der Waals surface area contributed by atoms with E-state index in [4.69, 9.17) is 10.5 Å². The fourth-order valence-electron chi connectivity index (χ4n) is 1.39. The number of allylic oxidation sites excluding steroid dienone is 1. The number of ether oxygens (including phenoxy) is 1. The molecule has 0 aliphatic heterocycles. The molecule has 3 N–H and O–H groups in total. The topological polar surface area (TPSA) is 64.3 Å². The Hall–Kier alpha value is -1.97. The number of hydrogen-bond acceptors (Lipinski definition) is 3. The van der Waals surface area contributed by atoms with Gasteiger partial charge < -0.3 is 15.8 Å². The van der Waals surface area contributed by atoms with Crippen molar-refractivity contribution in [3.63, 3.8) is 0 Å². The normalized spacial score (nSPS) is 9.71. The first kappa shape index (κ1) is 13.1. The SMILES string of the molecule is C=CCCCC(=O)Nc1cc(OC)ccc1N. The van der Waals surface area contributed by atoms with Crippen molar-refractivity contribution in [3.05, 3.63) is 30.9 Å². The summed E-state index contributed by atoms with van der Waals surface area (Å²) in [5, 5.41) is 2.77. The third kappa shape index (κ3) is 4.18. The summed E-state index contributed by atoms with van der Waals surface area (Å²) < 4.78 is 5.07. The second-order valence-electron chi connectivity index (χ2n) is 3.68. The number of unbranched alkanes of at least 4 members (excludes halogenated alkanes) is 1. The number of amides is 1. The van der Waals surface area contributed by atoms with Gasteiger partial charge in [-0.3, -0.25) is 4.79 Å². The van der Waals surface area contributed by atoms with E-state index in [1.165, 1.54) is 0 Å². The minimum atomic E-state index is -0.0493. The summed E-state index contributed by atoms with van der Waals surface area (Å²) in [5.74, 6) is 0.618. The van der Waals surface area contributed by atoms with Crippen molar-refractivity contribution in [2.45, 2.75) is 19.3 Å². The predicted molar refractivity (Wildman–Crippen MR) is 70.1 cm³/mol. The summed E-state index contributed by atoms with van der Waals surface area (Å²) in [6.45, 7) is 3.61. The van der Waals surface area contributed by atoms with Gasteiger partial charge in [-0.1, -0.05) is 6.08 Å². The smallest absolute Gasteiger partial charge is 0.224 e. The number of anilines is 2. The van der Waals surface area contributed by atoms with Crippen molar-refractivity contribution < 1.29 is 9.53 Å². The van der Waals surface area contributed by atoms with E-state index in [0.717, 1.165) is 12.8 Å². The van der Waals surface area contributed by atoms with Crippen molar-refractivity contribution in [1.82, 2.24) is 0 Å². The van der Waals surface area contributed by atoms with Gasteiger partial charge in [-0.05, 0) is 25.0 Å². The van der Waals surface area contributed by atoms with Crippen molar-refractivity contribution in [1.29, 1.82) is 0 Å². The molecule has 0 aliphatic carbocycles. The maximum absolute atomic E-state index is 11.6. The van der Waals surface area contributed by atoms with Gasteiger partial charge in [0.15, 0.2) is 0 Å². The van der Waals surface area contributed by atoms with Gasteiger partial charge in [0.2, 0.25) is 5.91 Å². The molecule has 1 aromatic carbocycles. The van der Waals surface area contributed by atoms with Crippen LogP contribution in [0.2, 0.25) is 0 Å². The maximum Gasteiger partial charge on any atom is 0.224 e. The first-order chi connectivity index (χ1) is 8.17. The number of hydrogen-bond donors (Lipinski definition) is 2. The lowest BCUT2D eigenvalue weighted by Crippen LogP contribution is -2.12. The molecule has 0 spiro atoms. The molecule has 1 rings (SSSR count). The highest BCUT2D eigenvalue weighted by atomic mass is 16.5. The lowest BCUT2D eigenvalue weighted by Gasteiger charge is -2.09. The largest absolute Gasteiger partial charge is 0.497 e. The molecular weight excluding hydrogens is 216 g/mol. The molecule has 0 heterocycles. The molecule has 4 nitrogen and oxygen atoms in total. The number of benzene rings is 1. The summed E-state index contributed by atoms with van der Waals surface area (Å²) in [6, 6.07) is 5.17. The third-order valence-electron chi connectivity index (χ3n) is 2.35. The first-order valence-corrected chi connectivity index (χ1v) is 5.51. The van der Waals surface area contributed by atoms with E-state index < -0.39 is 0 Å². The molecule has 0 bridgehead atoms. The monoisotopic (exact) mass is 234 g/mol. The van der Waals surface area contributed by atoms with Crippen LogP contribution in [-0.2, 0) is 4.79 Å². The van der Waals surface area contributed by atoms with Gasteiger partial charge in [0.05, 0.1) is 18.5 Å². The molecule has 0 unspecified atom stereocenters. The zero-order chi connectivity index (χ0) is 12.7. The van der Waals surface area contributed by atoms with Crippen molar-refractivity contribution >= 4 is 17.3 Å². The quantitative estimate of drug-likeness (QED) is 0.451. The number of rotatable bonds is 6. The van der Waals surface area contributed by atoms with Crippen LogP contribution in [0.4, 0.5) is 11.4 Å². The Morgan fingerprint density at radius 2 is 2.35 bits per heavy atom. The highest BCUT2D eigenvalue weighted by Gasteiger charge is 2.06. The van der Waals surface area contributed by atoms with Crippen LogP contribution in [0.3, 0.4) is 0 Å². The highest BCUT2D eigenvalue weighted by molar-refractivity contribution is 5.94. The Morgan fingerprint density at radius 1 is 1.59 bits per heavy atom. The van der Waals surface area contributed by atoms with E-state index in [2.05, 4.69) is 11.9 Å². The Bertz CT molecular complexity index is 402. The van der Waals surface area contributed by atoms with Crippen LogP contribution in [0.1, 0.15) is 19.3 Å². The number of nitrogens with one attached hydrogen (secondary N) is 1. The first-order valence-electron chi connectivity index (χ1n) is 5.51. The number of methoxy groups -OCH3 is 1. The fraction of sp³-hybridized carbons (Fsp3) is 0.308. The summed E-state index contributed by atoms with van der Waals surface area (Å²) in [6.07, 6.45) is 3.88. The Balaban J connectivity index is 2.60. The van der Waals surface area contributed by atoms with Crippen LogP contribution in [-0.4, -0.2) is 13.0 Å². The van der Waals surface area contributed by atoms with Crippen LogP contribution in [0.15, 0.2) is 30.9 Å². The van der Waals surface area contributed by atoms with Crippen molar-refractivity contribution in [2.24, 2.45) is 0 Å². The van der Waals surface area contributed by atoms with E-state index in [9.17, 15) is 4.79 Å². The minimum absolute atomic E-state index is 0.0493. The predicted octanol–water partition coefficient (Wildman–Crippen LogP) is 2.57. The van der Waals surface area contributed by atoms with E-state index >= 15 is 0 Å². The molecule has 92 valence electrons. The van der Waals surface area contributed by atoms with Crippen molar-refractivity contribution in [3.8, 4) is 5.75 Å². The molecule has 0 fully saturated rings. The van der Waals surface area contributed by atoms with Crippen LogP contribution < -0.4 is 15.8 Å². The van der Waals surface area contributed by atoms with Gasteiger partial charge in [-0.25, -0.2) is 0 Å². The van der Waals surface area contributed by atoms with Gasteiger partial charge >= 0.3 is 0 Å². The molecule has 0 aromatic heterocycles. The molecule has 4 heteroatoms. The molecule has 1 aromatic rings. The van der Waals surface area contributed by atoms with E-state index in [0.29, 0.717) is 23.5 Å². The molecule has 0 atom stereocenters.